The summed E-state index contributed by atoms with van der Waals surface area (Å²) in [6.07, 6.45) is 8.20. The standard InChI is InChI=1S/C31H32N2O4/c1-36-29-9-5-6-24(31(29)35)20-33(17-16-23-19-32-27-8-4-3-7-25(23)27)28-14-12-22-18-21(10-13-26(22)28)11-15-30(34)37-2/h3-11,13,15,18-19,28,32,35H,12,14,16-17,20H2,1-2H3/b15-11+. The van der Waals surface area contributed by atoms with Crippen LogP contribution in [0.4, 0.5) is 0 Å². The fraction of sp³-hybridized carbons (Fsp3) is 0.258. The van der Waals surface area contributed by atoms with Crippen molar-refractivity contribution in [3.8, 4) is 11.5 Å². The topological polar surface area (TPSA) is 74.8 Å². The largest absolute Gasteiger partial charge is 0.504 e. The number of aromatic hydroxyl groups is 1. The molecular weight excluding hydrogens is 464 g/mol. The number of aryl methyl sites for hydroxylation is 1. The minimum absolute atomic E-state index is 0.198. The third-order valence-electron chi connectivity index (χ3n) is 7.29. The highest BCUT2D eigenvalue weighted by atomic mass is 16.5. The van der Waals surface area contributed by atoms with Gasteiger partial charge in [-0.05, 0) is 59.7 Å². The number of nitrogens with one attached hydrogen (secondary N) is 1. The fourth-order valence-electron chi connectivity index (χ4n) is 5.36. The number of aromatic nitrogens is 1. The average molecular weight is 497 g/mol. The Morgan fingerprint density at radius 2 is 1.97 bits per heavy atom. The van der Waals surface area contributed by atoms with Gasteiger partial charge in [-0.3, -0.25) is 4.90 Å². The molecule has 0 bridgehead atoms. The second-order valence-corrected chi connectivity index (χ2v) is 9.42. The van der Waals surface area contributed by atoms with Gasteiger partial charge in [-0.1, -0.05) is 48.5 Å². The Morgan fingerprint density at radius 1 is 1.11 bits per heavy atom. The smallest absolute Gasteiger partial charge is 0.330 e. The Bertz CT molecular complexity index is 1440. The average Bonchev–Trinajstić information content (AvgIpc) is 3.54. The van der Waals surface area contributed by atoms with E-state index in [9.17, 15) is 9.90 Å². The molecule has 0 radical (unpaired) electrons. The van der Waals surface area contributed by atoms with Crippen LogP contribution in [-0.2, 0) is 28.9 Å². The Hall–Kier alpha value is -4.03. The lowest BCUT2D eigenvalue weighted by molar-refractivity contribution is -0.134. The van der Waals surface area contributed by atoms with E-state index in [4.69, 9.17) is 9.47 Å². The quantitative estimate of drug-likeness (QED) is 0.226. The molecule has 1 aromatic heterocycles. The summed E-state index contributed by atoms with van der Waals surface area (Å²) in [7, 11) is 2.96. The van der Waals surface area contributed by atoms with Gasteiger partial charge in [-0.15, -0.1) is 0 Å². The summed E-state index contributed by atoms with van der Waals surface area (Å²) in [6.45, 7) is 1.45. The highest BCUT2D eigenvalue weighted by Gasteiger charge is 2.29. The first-order valence-corrected chi connectivity index (χ1v) is 12.6. The van der Waals surface area contributed by atoms with Gasteiger partial charge >= 0.3 is 5.97 Å². The van der Waals surface area contributed by atoms with Crippen molar-refractivity contribution in [1.82, 2.24) is 9.88 Å². The van der Waals surface area contributed by atoms with Gasteiger partial charge < -0.3 is 19.6 Å². The van der Waals surface area contributed by atoms with Crippen molar-refractivity contribution in [2.24, 2.45) is 0 Å². The molecule has 5 rings (SSSR count). The van der Waals surface area contributed by atoms with Crippen LogP contribution in [0.1, 0.15) is 40.3 Å². The highest BCUT2D eigenvalue weighted by molar-refractivity contribution is 5.87. The van der Waals surface area contributed by atoms with Gasteiger partial charge in [0.1, 0.15) is 0 Å². The van der Waals surface area contributed by atoms with E-state index >= 15 is 0 Å². The summed E-state index contributed by atoms with van der Waals surface area (Å²) in [6, 6.07) is 20.7. The third kappa shape index (κ3) is 5.25. The maximum absolute atomic E-state index is 11.5. The van der Waals surface area contributed by atoms with E-state index in [0.717, 1.165) is 42.5 Å². The number of para-hydroxylation sites is 2. The number of nitrogens with zero attached hydrogens (tertiary/aromatic N) is 1. The lowest BCUT2D eigenvalue weighted by atomic mass is 10.0. The van der Waals surface area contributed by atoms with E-state index in [1.165, 1.54) is 35.3 Å². The van der Waals surface area contributed by atoms with Crippen LogP contribution in [0.5, 0.6) is 11.5 Å². The van der Waals surface area contributed by atoms with E-state index in [1.54, 1.807) is 19.3 Å². The van der Waals surface area contributed by atoms with Crippen molar-refractivity contribution < 1.29 is 19.4 Å². The first kappa shape index (κ1) is 24.7. The van der Waals surface area contributed by atoms with Crippen LogP contribution >= 0.6 is 0 Å². The normalized spacial score (nSPS) is 14.9. The molecule has 1 heterocycles. The molecule has 1 atom stereocenters. The monoisotopic (exact) mass is 496 g/mol. The van der Waals surface area contributed by atoms with Gasteiger partial charge in [0.2, 0.25) is 0 Å². The van der Waals surface area contributed by atoms with Crippen molar-refractivity contribution in [3.63, 3.8) is 0 Å². The molecule has 0 saturated carbocycles. The summed E-state index contributed by atoms with van der Waals surface area (Å²) in [5.74, 6) is 0.325. The van der Waals surface area contributed by atoms with Crippen molar-refractivity contribution in [2.75, 3.05) is 20.8 Å². The number of hydrogen-bond acceptors (Lipinski definition) is 5. The first-order valence-electron chi connectivity index (χ1n) is 12.6. The van der Waals surface area contributed by atoms with Crippen LogP contribution in [0.3, 0.4) is 0 Å². The number of aromatic amines is 1. The zero-order chi connectivity index (χ0) is 25.8. The summed E-state index contributed by atoms with van der Waals surface area (Å²) in [5, 5.41) is 12.1. The van der Waals surface area contributed by atoms with Gasteiger partial charge in [-0.2, -0.15) is 0 Å². The molecular formula is C31H32N2O4. The van der Waals surface area contributed by atoms with E-state index in [2.05, 4.69) is 52.5 Å². The molecule has 1 aliphatic rings. The van der Waals surface area contributed by atoms with Gasteiger partial charge in [0.15, 0.2) is 11.5 Å². The van der Waals surface area contributed by atoms with Crippen molar-refractivity contribution in [2.45, 2.75) is 31.8 Å². The molecule has 2 N–H and O–H groups in total. The van der Waals surface area contributed by atoms with Crippen molar-refractivity contribution in [3.05, 3.63) is 101 Å². The molecule has 0 spiro atoms. The molecule has 0 saturated heterocycles. The molecule has 6 heteroatoms. The van der Waals surface area contributed by atoms with Crippen LogP contribution < -0.4 is 4.74 Å². The number of ether oxygens (including phenoxy) is 2. The molecule has 1 aliphatic carbocycles. The zero-order valence-electron chi connectivity index (χ0n) is 21.2. The number of phenolic OH excluding ortho intramolecular Hbond substituents is 1. The van der Waals surface area contributed by atoms with Gasteiger partial charge in [-0.25, -0.2) is 4.79 Å². The van der Waals surface area contributed by atoms with E-state index < -0.39 is 0 Å². The summed E-state index contributed by atoms with van der Waals surface area (Å²) < 4.78 is 10.1. The molecule has 190 valence electrons. The Morgan fingerprint density at radius 3 is 2.81 bits per heavy atom. The van der Waals surface area contributed by atoms with Crippen LogP contribution in [0.25, 0.3) is 17.0 Å². The predicted molar refractivity (Wildman–Crippen MR) is 146 cm³/mol. The van der Waals surface area contributed by atoms with E-state index in [0.29, 0.717) is 12.3 Å². The second-order valence-electron chi connectivity index (χ2n) is 9.42. The third-order valence-corrected chi connectivity index (χ3v) is 7.29. The van der Waals surface area contributed by atoms with Crippen LogP contribution in [-0.4, -0.2) is 41.7 Å². The Kier molecular flexibility index (Phi) is 7.28. The summed E-state index contributed by atoms with van der Waals surface area (Å²) >= 11 is 0. The second kappa shape index (κ2) is 10.9. The maximum Gasteiger partial charge on any atom is 0.330 e. The number of esters is 1. The SMILES string of the molecule is COC(=O)/C=C/c1ccc2c(c1)CCC2N(CCc1c[nH]c2ccccc12)Cc1cccc(OC)c1O. The molecule has 4 aromatic rings. The number of H-pyrrole nitrogens is 1. The molecule has 37 heavy (non-hydrogen) atoms. The van der Waals surface area contributed by atoms with Crippen LogP contribution in [0.2, 0.25) is 0 Å². The Labute approximate surface area is 217 Å². The number of carbonyl (C=O) groups is 1. The minimum Gasteiger partial charge on any atom is -0.504 e. The molecule has 0 fully saturated rings. The maximum atomic E-state index is 11.5. The molecule has 3 aromatic carbocycles. The molecule has 1 unspecified atom stereocenters. The number of rotatable bonds is 9. The van der Waals surface area contributed by atoms with Crippen molar-refractivity contribution in [1.29, 1.82) is 0 Å². The molecule has 0 amide bonds. The Balaban J connectivity index is 1.43. The number of fused-ring (bicyclic) bond motifs is 2. The van der Waals surface area contributed by atoms with Crippen molar-refractivity contribution >= 4 is 22.9 Å². The number of methoxy groups -OCH3 is 2. The molecule has 0 aliphatic heterocycles. The van der Waals surface area contributed by atoms with Gasteiger partial charge in [0.05, 0.1) is 14.2 Å². The lowest BCUT2D eigenvalue weighted by Crippen LogP contribution is -2.29. The van der Waals surface area contributed by atoms with E-state index in [1.807, 2.05) is 18.2 Å². The zero-order valence-corrected chi connectivity index (χ0v) is 21.2. The number of carbonyl (C=O) groups excluding carboxylic acids is 1. The number of phenols is 1. The predicted octanol–water partition coefficient (Wildman–Crippen LogP) is 5.80. The van der Waals surface area contributed by atoms with Crippen LogP contribution in [0.15, 0.2) is 72.9 Å². The molecule has 6 nitrogen and oxygen atoms in total. The lowest BCUT2D eigenvalue weighted by Gasteiger charge is -2.30. The first-order chi connectivity index (χ1) is 18.1. The summed E-state index contributed by atoms with van der Waals surface area (Å²) in [5.41, 5.74) is 6.87. The van der Waals surface area contributed by atoms with Gasteiger partial charge in [0, 0.05) is 47.9 Å². The van der Waals surface area contributed by atoms with E-state index in [-0.39, 0.29) is 17.8 Å². The summed E-state index contributed by atoms with van der Waals surface area (Å²) in [4.78, 5) is 17.4. The highest BCUT2D eigenvalue weighted by Crippen LogP contribution is 2.39. The van der Waals surface area contributed by atoms with Gasteiger partial charge in [0.25, 0.3) is 0 Å². The number of benzene rings is 3. The van der Waals surface area contributed by atoms with Crippen LogP contribution in [0, 0.1) is 0 Å². The number of hydrogen-bond donors (Lipinski definition) is 2. The minimum atomic E-state index is -0.361. The fourth-order valence-corrected chi connectivity index (χ4v) is 5.36.